The average Bonchev–Trinajstić information content (AvgIpc) is 3.19. The quantitative estimate of drug-likeness (QED) is 0.389. The van der Waals surface area contributed by atoms with E-state index in [1.807, 2.05) is 5.32 Å². The maximum absolute atomic E-state index is 13.6. The van der Waals surface area contributed by atoms with Crippen LogP contribution in [0.15, 0.2) is 30.3 Å². The molecule has 0 unspecified atom stereocenters. The summed E-state index contributed by atoms with van der Waals surface area (Å²) in [6.45, 7) is -1.22. The van der Waals surface area contributed by atoms with Crippen LogP contribution in [0.4, 0.5) is 18.9 Å². The molecule has 1 aliphatic carbocycles. The highest BCUT2D eigenvalue weighted by molar-refractivity contribution is 5.98. The van der Waals surface area contributed by atoms with E-state index in [9.17, 15) is 27.6 Å². The predicted octanol–water partition coefficient (Wildman–Crippen LogP) is 3.38. The van der Waals surface area contributed by atoms with E-state index in [-0.39, 0.29) is 0 Å². The summed E-state index contributed by atoms with van der Waals surface area (Å²) in [6, 6.07) is 6.65. The van der Waals surface area contributed by atoms with E-state index in [4.69, 9.17) is 4.74 Å². The Balaban J connectivity index is 1.28. The molecule has 0 aliphatic heterocycles. The van der Waals surface area contributed by atoms with Gasteiger partial charge in [0.1, 0.15) is 0 Å². The third-order valence-electron chi connectivity index (χ3n) is 5.42. The molecule has 33 heavy (non-hydrogen) atoms. The van der Waals surface area contributed by atoms with Gasteiger partial charge in [-0.25, -0.2) is 18.0 Å². The van der Waals surface area contributed by atoms with Crippen LogP contribution in [-0.4, -0.2) is 35.9 Å². The molecule has 2 amide bonds. The standard InChI is InChI=1S/C23H20F3N3O4/c24-15-6-8-18(22(26)21(15)25)29-19(30)10-27-20(31)11-33-23(32)12-5-7-17-14(9-12)13-3-1-2-4-16(13)28-17/h5-9,28H,1-4,10-11H2,(H,27,31)(H,29,30). The number of carbonyl (C=O) groups excluding carboxylic acids is 3. The van der Waals surface area contributed by atoms with Crippen LogP contribution in [0.1, 0.15) is 34.5 Å². The second-order valence-electron chi connectivity index (χ2n) is 7.67. The number of rotatable bonds is 6. The van der Waals surface area contributed by atoms with Gasteiger partial charge in [-0.05, 0) is 61.6 Å². The number of aromatic nitrogens is 1. The molecule has 2 aromatic carbocycles. The molecule has 1 aromatic heterocycles. The number of nitrogens with one attached hydrogen (secondary N) is 3. The monoisotopic (exact) mass is 459 g/mol. The van der Waals surface area contributed by atoms with Crippen LogP contribution < -0.4 is 10.6 Å². The summed E-state index contributed by atoms with van der Waals surface area (Å²) in [7, 11) is 0. The highest BCUT2D eigenvalue weighted by atomic mass is 19.2. The van der Waals surface area contributed by atoms with E-state index < -0.39 is 54.1 Å². The zero-order valence-corrected chi connectivity index (χ0v) is 17.4. The van der Waals surface area contributed by atoms with Crippen LogP contribution in [0, 0.1) is 17.5 Å². The summed E-state index contributed by atoms with van der Waals surface area (Å²) >= 11 is 0. The van der Waals surface area contributed by atoms with Crippen molar-refractivity contribution in [2.45, 2.75) is 25.7 Å². The Kier molecular flexibility index (Phi) is 6.34. The molecule has 0 fully saturated rings. The zero-order chi connectivity index (χ0) is 23.5. The number of esters is 1. The van der Waals surface area contributed by atoms with Crippen molar-refractivity contribution in [1.29, 1.82) is 0 Å². The highest BCUT2D eigenvalue weighted by Crippen LogP contribution is 2.29. The molecule has 172 valence electrons. The van der Waals surface area contributed by atoms with Crippen LogP contribution in [-0.2, 0) is 27.2 Å². The van der Waals surface area contributed by atoms with E-state index in [1.54, 1.807) is 18.2 Å². The number of hydrogen-bond donors (Lipinski definition) is 3. The molecule has 0 spiro atoms. The fourth-order valence-corrected chi connectivity index (χ4v) is 3.79. The number of halogens is 3. The Labute approximate surface area is 186 Å². The van der Waals surface area contributed by atoms with Gasteiger partial charge in [-0.15, -0.1) is 0 Å². The number of fused-ring (bicyclic) bond motifs is 3. The van der Waals surface area contributed by atoms with Crippen molar-refractivity contribution in [3.63, 3.8) is 0 Å². The second-order valence-corrected chi connectivity index (χ2v) is 7.67. The van der Waals surface area contributed by atoms with Crippen LogP contribution in [0.25, 0.3) is 10.9 Å². The van der Waals surface area contributed by atoms with Crippen molar-refractivity contribution in [1.82, 2.24) is 10.3 Å². The molecule has 3 N–H and O–H groups in total. The number of ether oxygens (including phenoxy) is 1. The summed E-state index contributed by atoms with van der Waals surface area (Å²) in [5, 5.41) is 5.18. The Hall–Kier alpha value is -3.82. The van der Waals surface area contributed by atoms with Crippen molar-refractivity contribution >= 4 is 34.4 Å². The van der Waals surface area contributed by atoms with Gasteiger partial charge in [0.25, 0.3) is 5.91 Å². The lowest BCUT2D eigenvalue weighted by atomic mass is 9.95. The van der Waals surface area contributed by atoms with Gasteiger partial charge in [0.2, 0.25) is 5.91 Å². The van der Waals surface area contributed by atoms with Gasteiger partial charge < -0.3 is 20.4 Å². The summed E-state index contributed by atoms with van der Waals surface area (Å²) in [6.07, 6.45) is 4.12. The number of carbonyl (C=O) groups is 3. The number of benzene rings is 2. The van der Waals surface area contributed by atoms with Crippen LogP contribution in [0.2, 0.25) is 0 Å². The number of aryl methyl sites for hydroxylation is 2. The lowest BCUT2D eigenvalue weighted by molar-refractivity contribution is -0.126. The summed E-state index contributed by atoms with van der Waals surface area (Å²) in [5.41, 5.74) is 3.06. The minimum Gasteiger partial charge on any atom is -0.452 e. The minimum atomic E-state index is -1.72. The first-order chi connectivity index (χ1) is 15.8. The highest BCUT2D eigenvalue weighted by Gasteiger charge is 2.19. The molecule has 1 aliphatic rings. The Bertz CT molecular complexity index is 1260. The predicted molar refractivity (Wildman–Crippen MR) is 113 cm³/mol. The van der Waals surface area contributed by atoms with E-state index in [1.165, 1.54) is 11.3 Å². The maximum Gasteiger partial charge on any atom is 0.338 e. The van der Waals surface area contributed by atoms with Crippen molar-refractivity contribution in [3.8, 4) is 0 Å². The van der Waals surface area contributed by atoms with E-state index in [0.717, 1.165) is 42.7 Å². The molecule has 0 radical (unpaired) electrons. The van der Waals surface area contributed by atoms with Gasteiger partial charge in [0.05, 0.1) is 17.8 Å². The number of amides is 2. The number of aromatic amines is 1. The number of H-pyrrole nitrogens is 1. The number of anilines is 1. The van der Waals surface area contributed by atoms with Gasteiger partial charge in [-0.2, -0.15) is 0 Å². The lowest BCUT2D eigenvalue weighted by Crippen LogP contribution is -2.35. The smallest absolute Gasteiger partial charge is 0.338 e. The molecule has 4 rings (SSSR count). The van der Waals surface area contributed by atoms with Gasteiger partial charge >= 0.3 is 5.97 Å². The fourth-order valence-electron chi connectivity index (χ4n) is 3.79. The van der Waals surface area contributed by atoms with Crippen molar-refractivity contribution < 1.29 is 32.3 Å². The summed E-state index contributed by atoms with van der Waals surface area (Å²) in [4.78, 5) is 39.5. The SMILES string of the molecule is O=C(COC(=O)c1ccc2[nH]c3c(c2c1)CCCC3)NCC(=O)Nc1ccc(F)c(F)c1F. The van der Waals surface area contributed by atoms with E-state index in [0.29, 0.717) is 11.6 Å². The zero-order valence-electron chi connectivity index (χ0n) is 17.4. The second kappa shape index (κ2) is 9.35. The molecular weight excluding hydrogens is 439 g/mol. The van der Waals surface area contributed by atoms with Gasteiger partial charge in [0, 0.05) is 16.6 Å². The molecule has 0 atom stereocenters. The molecule has 3 aromatic rings. The summed E-state index contributed by atoms with van der Waals surface area (Å²) < 4.78 is 44.7. The van der Waals surface area contributed by atoms with Gasteiger partial charge in [-0.3, -0.25) is 9.59 Å². The maximum atomic E-state index is 13.6. The molecule has 10 heteroatoms. The molecule has 1 heterocycles. The first kappa shape index (κ1) is 22.4. The van der Waals surface area contributed by atoms with E-state index >= 15 is 0 Å². The summed E-state index contributed by atoms with van der Waals surface area (Å²) in [5.74, 6) is -6.99. The van der Waals surface area contributed by atoms with Crippen molar-refractivity contribution in [2.24, 2.45) is 0 Å². The van der Waals surface area contributed by atoms with Gasteiger partial charge in [-0.1, -0.05) is 0 Å². The normalized spacial score (nSPS) is 12.8. The molecule has 0 bridgehead atoms. The Morgan fingerprint density at radius 1 is 0.970 bits per heavy atom. The molecule has 0 saturated heterocycles. The fraction of sp³-hybridized carbons (Fsp3) is 0.261. The average molecular weight is 459 g/mol. The molecule has 0 saturated carbocycles. The third kappa shape index (κ3) is 4.84. The molecular formula is C23H20F3N3O4. The minimum absolute atomic E-state index is 0.300. The molecule has 7 nitrogen and oxygen atoms in total. The largest absolute Gasteiger partial charge is 0.452 e. The van der Waals surface area contributed by atoms with Crippen molar-refractivity contribution in [3.05, 3.63) is 64.6 Å². The van der Waals surface area contributed by atoms with Gasteiger partial charge in [0.15, 0.2) is 24.1 Å². The van der Waals surface area contributed by atoms with Crippen LogP contribution >= 0.6 is 0 Å². The Morgan fingerprint density at radius 2 is 1.76 bits per heavy atom. The third-order valence-corrected chi connectivity index (χ3v) is 5.42. The topological polar surface area (TPSA) is 100 Å². The van der Waals surface area contributed by atoms with Crippen LogP contribution in [0.5, 0.6) is 0 Å². The first-order valence-corrected chi connectivity index (χ1v) is 10.3. The number of hydrogen-bond acceptors (Lipinski definition) is 4. The van der Waals surface area contributed by atoms with Crippen LogP contribution in [0.3, 0.4) is 0 Å². The van der Waals surface area contributed by atoms with E-state index in [2.05, 4.69) is 10.3 Å². The lowest BCUT2D eigenvalue weighted by Gasteiger charge is -2.10. The van der Waals surface area contributed by atoms with Crippen molar-refractivity contribution in [2.75, 3.05) is 18.5 Å². The Morgan fingerprint density at radius 3 is 2.58 bits per heavy atom. The first-order valence-electron chi connectivity index (χ1n) is 10.3.